The molecule has 0 bridgehead atoms. The van der Waals surface area contributed by atoms with Crippen LogP contribution in [0.15, 0.2) is 36.5 Å². The van der Waals surface area contributed by atoms with E-state index in [1.807, 2.05) is 13.8 Å². The number of carbonyl (C=O) groups excluding carboxylic acids is 1. The molecule has 0 aliphatic heterocycles. The van der Waals surface area contributed by atoms with Crippen molar-refractivity contribution < 1.29 is 9.18 Å². The quantitative estimate of drug-likeness (QED) is 0.905. The number of nitrogens with one attached hydrogen (secondary N) is 1. The summed E-state index contributed by atoms with van der Waals surface area (Å²) in [6.07, 6.45) is 1.65. The molecule has 1 amide bonds. The van der Waals surface area contributed by atoms with Crippen molar-refractivity contribution in [2.24, 2.45) is 5.73 Å². The second-order valence-corrected chi connectivity index (χ2v) is 5.29. The van der Waals surface area contributed by atoms with Crippen LogP contribution in [0.4, 0.5) is 4.39 Å². The number of amides is 1. The van der Waals surface area contributed by atoms with Crippen LogP contribution in [0.3, 0.4) is 0 Å². The molecule has 0 radical (unpaired) electrons. The molecule has 21 heavy (non-hydrogen) atoms. The fourth-order valence-electron chi connectivity index (χ4n) is 1.58. The number of carbonyl (C=O) groups is 1. The normalized spacial score (nSPS) is 10.9. The molecule has 1 heterocycles. The highest BCUT2D eigenvalue weighted by Gasteiger charge is 2.15. The highest BCUT2D eigenvalue weighted by Crippen LogP contribution is 2.09. The van der Waals surface area contributed by atoms with Gasteiger partial charge in [-0.3, -0.25) is 4.79 Å². The Morgan fingerprint density at radius 1 is 1.33 bits per heavy atom. The summed E-state index contributed by atoms with van der Waals surface area (Å²) in [6, 6.07) is 7.46. The average molecular weight is 313 g/mol. The molecule has 0 fully saturated rings. The summed E-state index contributed by atoms with van der Waals surface area (Å²) in [5.74, 6) is -0.603. The maximum absolute atomic E-state index is 12.8. The molecule has 3 N–H and O–H groups in total. The third kappa shape index (κ3) is 4.84. The van der Waals surface area contributed by atoms with Crippen molar-refractivity contribution in [2.45, 2.75) is 19.4 Å². The molecule has 2 aromatic rings. The van der Waals surface area contributed by atoms with Gasteiger partial charge in [-0.1, -0.05) is 0 Å². The van der Waals surface area contributed by atoms with E-state index in [4.69, 9.17) is 5.73 Å². The van der Waals surface area contributed by atoms with Gasteiger partial charge >= 0.3 is 0 Å². The van der Waals surface area contributed by atoms with Crippen LogP contribution in [0, 0.1) is 5.82 Å². The predicted molar refractivity (Wildman–Crippen MR) is 81.4 cm³/mol. The van der Waals surface area contributed by atoms with Gasteiger partial charge in [0.1, 0.15) is 5.82 Å². The van der Waals surface area contributed by atoms with Gasteiger partial charge in [-0.15, -0.1) is 12.4 Å². The Labute approximate surface area is 128 Å². The second kappa shape index (κ2) is 6.69. The number of nitrogens with zero attached hydrogens (tertiary/aromatic N) is 2. The summed E-state index contributed by atoms with van der Waals surface area (Å²) in [6.45, 7) is 4.00. The second-order valence-electron chi connectivity index (χ2n) is 5.29. The minimum atomic E-state index is -0.477. The molecule has 0 unspecified atom stereocenters. The van der Waals surface area contributed by atoms with E-state index < -0.39 is 5.54 Å². The minimum Gasteiger partial charge on any atom is -0.349 e. The van der Waals surface area contributed by atoms with Crippen molar-refractivity contribution in [2.75, 3.05) is 6.54 Å². The van der Waals surface area contributed by atoms with Gasteiger partial charge in [-0.05, 0) is 44.2 Å². The smallest absolute Gasteiger partial charge is 0.271 e. The molecule has 0 atom stereocenters. The Morgan fingerprint density at radius 3 is 2.52 bits per heavy atom. The van der Waals surface area contributed by atoms with Gasteiger partial charge in [0.25, 0.3) is 5.91 Å². The Balaban J connectivity index is 0.00000220. The molecule has 7 heteroatoms. The van der Waals surface area contributed by atoms with Crippen molar-refractivity contribution in [3.63, 3.8) is 0 Å². The molecule has 2 rings (SSSR count). The average Bonchev–Trinajstić information content (AvgIpc) is 2.85. The van der Waals surface area contributed by atoms with Crippen molar-refractivity contribution in [3.8, 4) is 5.69 Å². The summed E-state index contributed by atoms with van der Waals surface area (Å²) in [7, 11) is 0. The zero-order valence-electron chi connectivity index (χ0n) is 11.8. The lowest BCUT2D eigenvalue weighted by Gasteiger charge is -2.18. The van der Waals surface area contributed by atoms with Gasteiger partial charge in [-0.25, -0.2) is 9.07 Å². The zero-order chi connectivity index (χ0) is 14.8. The highest BCUT2D eigenvalue weighted by atomic mass is 35.5. The van der Waals surface area contributed by atoms with E-state index in [2.05, 4.69) is 10.4 Å². The van der Waals surface area contributed by atoms with Gasteiger partial charge in [-0.2, -0.15) is 5.10 Å². The Morgan fingerprint density at radius 2 is 1.95 bits per heavy atom. The van der Waals surface area contributed by atoms with E-state index in [0.29, 0.717) is 17.9 Å². The van der Waals surface area contributed by atoms with Gasteiger partial charge in [0.05, 0.1) is 5.69 Å². The molecule has 0 aliphatic rings. The number of nitrogens with two attached hydrogens (primary N) is 1. The summed E-state index contributed by atoms with van der Waals surface area (Å²) in [4.78, 5) is 11.9. The zero-order valence-corrected chi connectivity index (χ0v) is 12.7. The number of benzene rings is 1. The minimum absolute atomic E-state index is 0. The molecule has 0 aliphatic carbocycles. The first-order valence-corrected chi connectivity index (χ1v) is 6.24. The molecule has 5 nitrogen and oxygen atoms in total. The molecular formula is C14H18ClFN4O. The summed E-state index contributed by atoms with van der Waals surface area (Å²) in [5, 5.41) is 6.87. The third-order valence-corrected chi connectivity index (χ3v) is 2.62. The lowest BCUT2D eigenvalue weighted by molar-refractivity contribution is 0.0940. The van der Waals surface area contributed by atoms with Crippen LogP contribution in [0.1, 0.15) is 24.3 Å². The van der Waals surface area contributed by atoms with Crippen molar-refractivity contribution in [3.05, 3.63) is 48.0 Å². The Hall–Kier alpha value is -1.92. The van der Waals surface area contributed by atoms with Gasteiger partial charge in [0.15, 0.2) is 5.69 Å². The maximum Gasteiger partial charge on any atom is 0.271 e. The Bertz CT molecular complexity index is 604. The molecule has 0 saturated heterocycles. The molecule has 114 valence electrons. The van der Waals surface area contributed by atoms with E-state index in [1.165, 1.54) is 16.8 Å². The van der Waals surface area contributed by atoms with Crippen molar-refractivity contribution in [1.29, 1.82) is 0 Å². The lowest BCUT2D eigenvalue weighted by Crippen LogP contribution is -2.45. The van der Waals surface area contributed by atoms with Crippen LogP contribution >= 0.6 is 12.4 Å². The summed E-state index contributed by atoms with van der Waals surface area (Å²) >= 11 is 0. The molecule has 1 aromatic heterocycles. The Kier molecular flexibility index (Phi) is 5.46. The van der Waals surface area contributed by atoms with Crippen LogP contribution in [-0.4, -0.2) is 27.8 Å². The van der Waals surface area contributed by atoms with E-state index in [9.17, 15) is 9.18 Å². The first kappa shape index (κ1) is 17.1. The van der Waals surface area contributed by atoms with E-state index in [0.717, 1.165) is 0 Å². The molecular weight excluding hydrogens is 295 g/mol. The van der Waals surface area contributed by atoms with Crippen LogP contribution in [0.25, 0.3) is 5.69 Å². The third-order valence-electron chi connectivity index (χ3n) is 2.62. The fourth-order valence-corrected chi connectivity index (χ4v) is 1.58. The summed E-state index contributed by atoms with van der Waals surface area (Å²) in [5.41, 5.74) is 6.29. The standard InChI is InChI=1S/C14H17FN4O.ClH/c1-14(2,16)9-17-13(20)12-7-8-19(18-12)11-5-3-10(15)4-6-11;/h3-8H,9,16H2,1-2H3,(H,17,20);1H. The van der Waals surface area contributed by atoms with Gasteiger partial charge in [0.2, 0.25) is 0 Å². The number of hydrogen-bond acceptors (Lipinski definition) is 3. The SMILES string of the molecule is CC(C)(N)CNC(=O)c1ccn(-c2ccc(F)cc2)n1.Cl. The lowest BCUT2D eigenvalue weighted by atomic mass is 10.1. The van der Waals surface area contributed by atoms with Crippen molar-refractivity contribution in [1.82, 2.24) is 15.1 Å². The molecule has 0 saturated carbocycles. The predicted octanol–water partition coefficient (Wildman–Crippen LogP) is 1.90. The summed E-state index contributed by atoms with van der Waals surface area (Å²) < 4.78 is 14.4. The van der Waals surface area contributed by atoms with Crippen LogP contribution in [-0.2, 0) is 0 Å². The monoisotopic (exact) mass is 312 g/mol. The number of hydrogen-bond donors (Lipinski definition) is 2. The topological polar surface area (TPSA) is 72.9 Å². The van der Waals surface area contributed by atoms with Crippen LogP contribution in [0.2, 0.25) is 0 Å². The number of rotatable bonds is 4. The van der Waals surface area contributed by atoms with Crippen LogP contribution in [0.5, 0.6) is 0 Å². The van der Waals surface area contributed by atoms with Gasteiger partial charge < -0.3 is 11.1 Å². The van der Waals surface area contributed by atoms with E-state index in [-0.39, 0.29) is 24.1 Å². The van der Waals surface area contributed by atoms with Crippen LogP contribution < -0.4 is 11.1 Å². The largest absolute Gasteiger partial charge is 0.349 e. The van der Waals surface area contributed by atoms with Crippen molar-refractivity contribution >= 4 is 18.3 Å². The number of aromatic nitrogens is 2. The maximum atomic E-state index is 12.8. The first-order chi connectivity index (χ1) is 9.35. The molecule has 1 aromatic carbocycles. The fraction of sp³-hybridized carbons (Fsp3) is 0.286. The number of halogens is 2. The highest BCUT2D eigenvalue weighted by molar-refractivity contribution is 5.92. The van der Waals surface area contributed by atoms with Gasteiger partial charge in [0, 0.05) is 18.3 Å². The first-order valence-electron chi connectivity index (χ1n) is 6.24. The van der Waals surface area contributed by atoms with E-state index >= 15 is 0 Å². The molecule has 0 spiro atoms. The van der Waals surface area contributed by atoms with E-state index in [1.54, 1.807) is 24.4 Å².